The Balaban J connectivity index is 1.74. The van der Waals surface area contributed by atoms with Crippen molar-refractivity contribution in [2.24, 2.45) is 4.99 Å². The molecule has 21 heavy (non-hydrogen) atoms. The predicted octanol–water partition coefficient (Wildman–Crippen LogP) is 0.511. The molecule has 0 aromatic rings. The standard InChI is InChI=1S/C11H14F4N2O3S/c12-4-5-9(21-10(16-5)17-2-1-3-17)20-7(6(4)18)8(19)11(13,14)15/h4-9,18-19H,1-3H2/t4-,5-,6+,7+,8-,9-/m1/s1. The Hall–Kier alpha value is -0.580. The van der Waals surface area contributed by atoms with Crippen LogP contribution in [-0.4, -0.2) is 75.5 Å². The van der Waals surface area contributed by atoms with Crippen molar-refractivity contribution in [2.75, 3.05) is 13.1 Å². The van der Waals surface area contributed by atoms with E-state index in [4.69, 9.17) is 4.74 Å². The van der Waals surface area contributed by atoms with Gasteiger partial charge in [0.25, 0.3) is 0 Å². The van der Waals surface area contributed by atoms with Gasteiger partial charge in [-0.2, -0.15) is 13.2 Å². The van der Waals surface area contributed by atoms with Gasteiger partial charge in [-0.1, -0.05) is 11.8 Å². The minimum Gasteiger partial charge on any atom is -0.387 e. The number of fused-ring (bicyclic) bond motifs is 1. The molecule has 3 aliphatic heterocycles. The molecule has 5 nitrogen and oxygen atoms in total. The molecule has 0 saturated carbocycles. The van der Waals surface area contributed by atoms with E-state index in [1.54, 1.807) is 0 Å². The highest BCUT2D eigenvalue weighted by atomic mass is 32.2. The molecule has 0 radical (unpaired) electrons. The van der Waals surface area contributed by atoms with Crippen molar-refractivity contribution >= 4 is 16.9 Å². The van der Waals surface area contributed by atoms with E-state index in [-0.39, 0.29) is 0 Å². The van der Waals surface area contributed by atoms with Gasteiger partial charge in [-0.05, 0) is 6.42 Å². The normalized spacial score (nSPS) is 41.3. The molecule has 0 bridgehead atoms. The summed E-state index contributed by atoms with van der Waals surface area (Å²) in [5, 5.41) is 19.4. The largest absolute Gasteiger partial charge is 0.417 e. The highest BCUT2D eigenvalue weighted by molar-refractivity contribution is 8.14. The number of halogens is 4. The topological polar surface area (TPSA) is 65.3 Å². The lowest BCUT2D eigenvalue weighted by Gasteiger charge is -2.39. The molecule has 0 aliphatic carbocycles. The molecule has 2 N–H and O–H groups in total. The average Bonchev–Trinajstić information content (AvgIpc) is 2.73. The van der Waals surface area contributed by atoms with E-state index in [0.29, 0.717) is 5.17 Å². The summed E-state index contributed by atoms with van der Waals surface area (Å²) in [7, 11) is 0. The first-order valence-electron chi connectivity index (χ1n) is 6.51. The SMILES string of the molecule is O[C@H]1[C@H](F)[C@H]2N=C(N3CCC3)S[C@H]2O[C@@H]1[C@@H](O)C(F)(F)F. The molecule has 6 atom stereocenters. The summed E-state index contributed by atoms with van der Waals surface area (Å²) in [5.41, 5.74) is -0.957. The third-order valence-electron chi connectivity index (χ3n) is 3.81. The van der Waals surface area contributed by atoms with Gasteiger partial charge in [-0.3, -0.25) is 4.99 Å². The van der Waals surface area contributed by atoms with Crippen LogP contribution in [0.3, 0.4) is 0 Å². The Kier molecular flexibility index (Phi) is 3.83. The zero-order valence-corrected chi connectivity index (χ0v) is 11.5. The van der Waals surface area contributed by atoms with E-state index in [1.165, 1.54) is 0 Å². The van der Waals surface area contributed by atoms with Crippen LogP contribution < -0.4 is 0 Å². The molecule has 0 amide bonds. The van der Waals surface area contributed by atoms with Gasteiger partial charge in [-0.25, -0.2) is 4.39 Å². The zero-order chi connectivity index (χ0) is 15.4. The number of rotatable bonds is 1. The second-order valence-corrected chi connectivity index (χ2v) is 6.32. The maximum atomic E-state index is 14.1. The van der Waals surface area contributed by atoms with Gasteiger partial charge in [0, 0.05) is 13.1 Å². The lowest BCUT2D eigenvalue weighted by atomic mass is 9.95. The molecule has 120 valence electrons. The van der Waals surface area contributed by atoms with Crippen LogP contribution in [0.4, 0.5) is 17.6 Å². The van der Waals surface area contributed by atoms with Crippen LogP contribution in [0.2, 0.25) is 0 Å². The maximum Gasteiger partial charge on any atom is 0.417 e. The van der Waals surface area contributed by atoms with Crippen molar-refractivity contribution in [2.45, 2.75) is 48.6 Å². The summed E-state index contributed by atoms with van der Waals surface area (Å²) >= 11 is 1.04. The second kappa shape index (κ2) is 5.25. The predicted molar refractivity (Wildman–Crippen MR) is 66.6 cm³/mol. The average molecular weight is 330 g/mol. The molecule has 10 heteroatoms. The Bertz CT molecular complexity index is 446. The number of likely N-dealkylation sites (tertiary alicyclic amines) is 1. The minimum atomic E-state index is -4.98. The van der Waals surface area contributed by atoms with Crippen LogP contribution in [0.5, 0.6) is 0 Å². The molecular formula is C11H14F4N2O3S. The number of aliphatic hydroxyl groups is 2. The van der Waals surface area contributed by atoms with Gasteiger partial charge in [0.05, 0.1) is 0 Å². The van der Waals surface area contributed by atoms with Crippen molar-refractivity contribution < 1.29 is 32.5 Å². The lowest BCUT2D eigenvalue weighted by molar-refractivity contribution is -0.267. The van der Waals surface area contributed by atoms with Crippen LogP contribution in [0.1, 0.15) is 6.42 Å². The van der Waals surface area contributed by atoms with Crippen LogP contribution in [-0.2, 0) is 4.74 Å². The fraction of sp³-hybridized carbons (Fsp3) is 0.909. The molecule has 2 fully saturated rings. The van der Waals surface area contributed by atoms with Crippen molar-refractivity contribution in [3.8, 4) is 0 Å². The Morgan fingerprint density at radius 3 is 2.57 bits per heavy atom. The number of thioether (sulfide) groups is 1. The first kappa shape index (κ1) is 15.3. The maximum absolute atomic E-state index is 14.1. The van der Waals surface area contributed by atoms with Crippen molar-refractivity contribution in [1.82, 2.24) is 4.90 Å². The number of ether oxygens (including phenoxy) is 1. The molecule has 0 aromatic heterocycles. The summed E-state index contributed by atoms with van der Waals surface area (Å²) in [4.78, 5) is 5.98. The van der Waals surface area contributed by atoms with Gasteiger partial charge in [0.2, 0.25) is 0 Å². The molecule has 3 aliphatic rings. The van der Waals surface area contributed by atoms with Crippen LogP contribution in [0.15, 0.2) is 4.99 Å². The molecule has 0 aromatic carbocycles. The number of aliphatic hydroxyl groups excluding tert-OH is 2. The van der Waals surface area contributed by atoms with Crippen LogP contribution >= 0.6 is 11.8 Å². The first-order chi connectivity index (χ1) is 9.79. The summed E-state index contributed by atoms with van der Waals surface area (Å²) in [5.74, 6) is 0. The number of aliphatic imine (C=N–C) groups is 1. The second-order valence-electron chi connectivity index (χ2n) is 5.25. The number of nitrogens with zero attached hydrogens (tertiary/aromatic N) is 2. The van der Waals surface area contributed by atoms with Gasteiger partial charge in [-0.15, -0.1) is 0 Å². The third kappa shape index (κ3) is 2.62. The van der Waals surface area contributed by atoms with Crippen molar-refractivity contribution in [1.29, 1.82) is 0 Å². The molecule has 3 heterocycles. The van der Waals surface area contributed by atoms with E-state index >= 15 is 0 Å². The fourth-order valence-corrected chi connectivity index (χ4v) is 3.71. The van der Waals surface area contributed by atoms with E-state index < -0.39 is 42.1 Å². The van der Waals surface area contributed by atoms with E-state index in [1.807, 2.05) is 4.90 Å². The quantitative estimate of drug-likeness (QED) is 0.686. The van der Waals surface area contributed by atoms with Gasteiger partial charge in [0.1, 0.15) is 23.7 Å². The summed E-state index contributed by atoms with van der Waals surface area (Å²) in [6, 6.07) is -1.04. The van der Waals surface area contributed by atoms with Gasteiger partial charge in [0.15, 0.2) is 17.4 Å². The van der Waals surface area contributed by atoms with E-state index in [9.17, 15) is 27.8 Å². The summed E-state index contributed by atoms with van der Waals surface area (Å²) < 4.78 is 56.9. The fourth-order valence-electron chi connectivity index (χ4n) is 2.45. The minimum absolute atomic E-state index is 0.522. The number of hydrogen-bond acceptors (Lipinski definition) is 6. The highest BCUT2D eigenvalue weighted by Gasteiger charge is 2.57. The van der Waals surface area contributed by atoms with Gasteiger partial charge < -0.3 is 19.8 Å². The van der Waals surface area contributed by atoms with Crippen molar-refractivity contribution in [3.05, 3.63) is 0 Å². The lowest BCUT2D eigenvalue weighted by Crippen LogP contribution is -2.59. The number of hydrogen-bond donors (Lipinski definition) is 2. The molecular weight excluding hydrogens is 316 g/mol. The first-order valence-corrected chi connectivity index (χ1v) is 7.39. The van der Waals surface area contributed by atoms with E-state index in [0.717, 1.165) is 31.3 Å². The molecule has 3 rings (SSSR count). The van der Waals surface area contributed by atoms with Gasteiger partial charge >= 0.3 is 6.18 Å². The highest BCUT2D eigenvalue weighted by Crippen LogP contribution is 2.41. The Labute approximate surface area is 122 Å². The Morgan fingerprint density at radius 2 is 2.05 bits per heavy atom. The number of alkyl halides is 4. The van der Waals surface area contributed by atoms with Crippen LogP contribution in [0, 0.1) is 0 Å². The molecule has 2 saturated heterocycles. The summed E-state index contributed by atoms with van der Waals surface area (Å²) in [6.07, 6.45) is -13.0. The monoisotopic (exact) mass is 330 g/mol. The third-order valence-corrected chi connectivity index (χ3v) is 5.01. The molecule has 0 spiro atoms. The smallest absolute Gasteiger partial charge is 0.387 e. The number of amidine groups is 1. The zero-order valence-electron chi connectivity index (χ0n) is 10.7. The Morgan fingerprint density at radius 1 is 1.38 bits per heavy atom. The van der Waals surface area contributed by atoms with Crippen molar-refractivity contribution in [3.63, 3.8) is 0 Å². The van der Waals surface area contributed by atoms with E-state index in [2.05, 4.69) is 4.99 Å². The summed E-state index contributed by atoms with van der Waals surface area (Å²) in [6.45, 7) is 1.53. The van der Waals surface area contributed by atoms with Crippen LogP contribution in [0.25, 0.3) is 0 Å². The molecule has 0 unspecified atom stereocenters.